The first-order valence-electron chi connectivity index (χ1n) is 14.7. The van der Waals surface area contributed by atoms with Gasteiger partial charge in [-0.3, -0.25) is 14.6 Å². The van der Waals surface area contributed by atoms with E-state index in [4.69, 9.17) is 4.99 Å². The summed E-state index contributed by atoms with van der Waals surface area (Å²) in [4.78, 5) is 38.7. The Hall–Kier alpha value is -3.15. The van der Waals surface area contributed by atoms with Gasteiger partial charge >= 0.3 is 0 Å². The van der Waals surface area contributed by atoms with Gasteiger partial charge in [0.2, 0.25) is 15.9 Å². The Morgan fingerprint density at radius 3 is 2.62 bits per heavy atom. The Labute approximate surface area is 251 Å². The van der Waals surface area contributed by atoms with Crippen LogP contribution < -0.4 is 5.32 Å². The fraction of sp³-hybridized carbons (Fsp3) is 0.484. The van der Waals surface area contributed by atoms with Gasteiger partial charge in [0, 0.05) is 37.0 Å². The van der Waals surface area contributed by atoms with Crippen LogP contribution in [0.25, 0.3) is 10.8 Å². The Morgan fingerprint density at radius 1 is 1.10 bits per heavy atom. The molecule has 0 saturated carbocycles. The summed E-state index contributed by atoms with van der Waals surface area (Å²) in [5, 5.41) is 6.16. The third kappa shape index (κ3) is 5.74. The zero-order valence-corrected chi connectivity index (χ0v) is 25.8. The van der Waals surface area contributed by atoms with E-state index in [9.17, 15) is 18.0 Å². The molecule has 2 aromatic carbocycles. The highest BCUT2D eigenvalue weighted by atomic mass is 32.2. The fourth-order valence-electron chi connectivity index (χ4n) is 6.50. The number of carbonyl (C=O) groups excluding carboxylic acids is 2. The highest BCUT2D eigenvalue weighted by molar-refractivity contribution is 7.89. The zero-order valence-electron chi connectivity index (χ0n) is 24.1. The molecule has 1 unspecified atom stereocenters. The van der Waals surface area contributed by atoms with Crippen molar-refractivity contribution in [1.82, 2.24) is 19.5 Å². The van der Waals surface area contributed by atoms with Gasteiger partial charge in [0.25, 0.3) is 5.91 Å². The van der Waals surface area contributed by atoms with Gasteiger partial charge in [0.1, 0.15) is 11.4 Å². The Morgan fingerprint density at radius 2 is 1.86 bits per heavy atom. The average molecular weight is 608 g/mol. The number of carbonyl (C=O) groups is 2. The minimum Gasteiger partial charge on any atom is -0.342 e. The van der Waals surface area contributed by atoms with Crippen LogP contribution in [-0.4, -0.2) is 77.7 Å². The first-order valence-corrected chi connectivity index (χ1v) is 17.1. The molecule has 9 nitrogen and oxygen atoms in total. The number of fused-ring (bicyclic) bond motifs is 1. The maximum Gasteiger partial charge on any atom is 0.253 e. The van der Waals surface area contributed by atoms with E-state index in [1.807, 2.05) is 61.2 Å². The number of thiazole rings is 1. The number of piperidine rings is 2. The van der Waals surface area contributed by atoms with Gasteiger partial charge in [-0.15, -0.1) is 11.3 Å². The molecule has 3 aliphatic heterocycles. The van der Waals surface area contributed by atoms with Crippen LogP contribution in [-0.2, 0) is 32.5 Å². The van der Waals surface area contributed by atoms with Crippen LogP contribution in [0.3, 0.4) is 0 Å². The van der Waals surface area contributed by atoms with Crippen molar-refractivity contribution in [2.75, 3.05) is 31.9 Å². The third-order valence-corrected chi connectivity index (χ3v) is 11.7. The number of amides is 2. The van der Waals surface area contributed by atoms with E-state index in [0.717, 1.165) is 44.8 Å². The standard InChI is InChI=1S/C31H37N5O4S2/c1-21-27(32-22(2)41-21)19-28(37)35-15-6-10-25(20-35)29-33-30(38)31(34-29)13-16-36(17-14-31)42(39,40)18-12-24-9-5-8-23-7-3-4-11-26(23)24/h3-5,7-9,11,25H,6,10,12-20H2,1-2H3,(H,33,34,38). The van der Waals surface area contributed by atoms with Crippen LogP contribution in [0.2, 0.25) is 0 Å². The minimum absolute atomic E-state index is 0.0284. The van der Waals surface area contributed by atoms with Crippen molar-refractivity contribution in [3.8, 4) is 0 Å². The molecule has 0 radical (unpaired) electrons. The van der Waals surface area contributed by atoms with Crippen molar-refractivity contribution < 1.29 is 18.0 Å². The molecule has 1 aromatic heterocycles. The van der Waals surface area contributed by atoms with E-state index >= 15 is 0 Å². The molecule has 11 heteroatoms. The molecule has 222 valence electrons. The molecule has 0 aliphatic carbocycles. The van der Waals surface area contributed by atoms with Crippen LogP contribution in [0, 0.1) is 19.8 Å². The monoisotopic (exact) mass is 607 g/mol. The van der Waals surface area contributed by atoms with E-state index < -0.39 is 15.6 Å². The maximum atomic E-state index is 13.3. The summed E-state index contributed by atoms with van der Waals surface area (Å²) in [6.45, 7) is 5.69. The molecule has 1 atom stereocenters. The molecule has 1 N–H and O–H groups in total. The van der Waals surface area contributed by atoms with Crippen LogP contribution in [0.1, 0.15) is 46.8 Å². The zero-order chi connectivity index (χ0) is 29.5. The topological polar surface area (TPSA) is 112 Å². The Balaban J connectivity index is 1.07. The van der Waals surface area contributed by atoms with E-state index in [0.29, 0.717) is 38.2 Å². The maximum absolute atomic E-state index is 13.3. The first-order chi connectivity index (χ1) is 20.1. The second-order valence-corrected chi connectivity index (χ2v) is 15.2. The molecule has 2 fully saturated rings. The summed E-state index contributed by atoms with van der Waals surface area (Å²) in [6, 6.07) is 14.0. The van der Waals surface area contributed by atoms with Crippen LogP contribution in [0.4, 0.5) is 0 Å². The summed E-state index contributed by atoms with van der Waals surface area (Å²) >= 11 is 1.61. The molecule has 0 bridgehead atoms. The lowest BCUT2D eigenvalue weighted by Gasteiger charge is -2.35. The van der Waals surface area contributed by atoms with Crippen molar-refractivity contribution in [2.45, 2.75) is 57.9 Å². The van der Waals surface area contributed by atoms with Gasteiger partial charge < -0.3 is 10.2 Å². The number of nitrogens with zero attached hydrogens (tertiary/aromatic N) is 4. The van der Waals surface area contributed by atoms with Gasteiger partial charge in [-0.2, -0.15) is 0 Å². The number of nitrogens with one attached hydrogen (secondary N) is 1. The molecule has 6 rings (SSSR count). The third-order valence-electron chi connectivity index (χ3n) is 8.93. The predicted octanol–water partition coefficient (Wildman–Crippen LogP) is 3.63. The molecule has 3 aromatic rings. The van der Waals surface area contributed by atoms with Gasteiger partial charge in [0.05, 0.1) is 22.9 Å². The molecule has 42 heavy (non-hydrogen) atoms. The number of aliphatic imine (C=N–C) groups is 1. The molecular weight excluding hydrogens is 571 g/mol. The van der Waals surface area contributed by atoms with E-state index in [1.54, 1.807) is 11.3 Å². The smallest absolute Gasteiger partial charge is 0.253 e. The predicted molar refractivity (Wildman–Crippen MR) is 165 cm³/mol. The lowest BCUT2D eigenvalue weighted by Crippen LogP contribution is -2.51. The summed E-state index contributed by atoms with van der Waals surface area (Å²) in [5.74, 6) is 0.537. The van der Waals surface area contributed by atoms with Crippen LogP contribution >= 0.6 is 11.3 Å². The lowest BCUT2D eigenvalue weighted by atomic mass is 9.89. The first kappa shape index (κ1) is 28.9. The molecule has 4 heterocycles. The van der Waals surface area contributed by atoms with E-state index in [2.05, 4.69) is 10.3 Å². The Bertz CT molecular complexity index is 1650. The van der Waals surface area contributed by atoms with Gasteiger partial charge in [-0.25, -0.2) is 17.7 Å². The van der Waals surface area contributed by atoms with E-state index in [1.165, 1.54) is 4.31 Å². The molecule has 2 amide bonds. The second kappa shape index (κ2) is 11.5. The highest BCUT2D eigenvalue weighted by Crippen LogP contribution is 2.34. The average Bonchev–Trinajstić information content (AvgIpc) is 3.48. The Kier molecular flexibility index (Phi) is 7.93. The number of aryl methyl sites for hydroxylation is 3. The highest BCUT2D eigenvalue weighted by Gasteiger charge is 2.48. The number of rotatable bonds is 7. The molecular formula is C31H37N5O4S2. The van der Waals surface area contributed by atoms with Gasteiger partial charge in [-0.1, -0.05) is 42.5 Å². The number of amidine groups is 1. The fourth-order valence-corrected chi connectivity index (χ4v) is 8.81. The molecule has 3 aliphatic rings. The SMILES string of the molecule is Cc1nc(CC(=O)N2CCCC(C3=NC4(CCN(S(=O)(=O)CCc5cccc6ccccc56)CC4)C(=O)N3)C2)c(C)s1. The van der Waals surface area contributed by atoms with Crippen molar-refractivity contribution in [3.63, 3.8) is 0 Å². The summed E-state index contributed by atoms with van der Waals surface area (Å²) in [6.07, 6.45) is 3.13. The van der Waals surface area contributed by atoms with Crippen molar-refractivity contribution in [3.05, 3.63) is 63.6 Å². The van der Waals surface area contributed by atoms with Crippen molar-refractivity contribution in [1.29, 1.82) is 0 Å². The number of hydrogen-bond acceptors (Lipinski definition) is 7. The van der Waals surface area contributed by atoms with Crippen molar-refractivity contribution >= 4 is 49.8 Å². The normalized spacial score (nSPS) is 21.1. The number of likely N-dealkylation sites (tertiary alicyclic amines) is 1. The number of benzene rings is 2. The minimum atomic E-state index is -3.49. The second-order valence-electron chi connectivity index (χ2n) is 11.7. The van der Waals surface area contributed by atoms with E-state index in [-0.39, 0.29) is 43.0 Å². The van der Waals surface area contributed by atoms with Crippen LogP contribution in [0.15, 0.2) is 47.5 Å². The van der Waals surface area contributed by atoms with Crippen molar-refractivity contribution in [2.24, 2.45) is 10.9 Å². The van der Waals surface area contributed by atoms with Gasteiger partial charge in [0.15, 0.2) is 0 Å². The quantitative estimate of drug-likeness (QED) is 0.441. The molecule has 1 spiro atoms. The summed E-state index contributed by atoms with van der Waals surface area (Å²) < 4.78 is 28.1. The number of sulfonamides is 1. The molecule has 2 saturated heterocycles. The lowest BCUT2D eigenvalue weighted by molar-refractivity contribution is -0.131. The van der Waals surface area contributed by atoms with Crippen LogP contribution in [0.5, 0.6) is 0 Å². The number of hydrogen-bond donors (Lipinski definition) is 1. The number of aromatic nitrogens is 1. The summed E-state index contributed by atoms with van der Waals surface area (Å²) in [7, 11) is -3.49. The summed E-state index contributed by atoms with van der Waals surface area (Å²) in [5.41, 5.74) is 0.929. The largest absolute Gasteiger partial charge is 0.342 e. The van der Waals surface area contributed by atoms with Gasteiger partial charge in [-0.05, 0) is 62.3 Å².